The van der Waals surface area contributed by atoms with Crippen LogP contribution in [0.3, 0.4) is 0 Å². The fourth-order valence-corrected chi connectivity index (χ4v) is 2.40. The maximum atomic E-state index is 12.0. The first-order valence-electron chi connectivity index (χ1n) is 6.58. The van der Waals surface area contributed by atoms with Gasteiger partial charge in [0.25, 0.3) is 0 Å². The van der Waals surface area contributed by atoms with Gasteiger partial charge >= 0.3 is 12.1 Å². The van der Waals surface area contributed by atoms with Gasteiger partial charge in [-0.05, 0) is 32.6 Å². The number of carboxylic acids is 1. The number of likely N-dealkylation sites (tertiary alicyclic amines) is 1. The zero-order valence-electron chi connectivity index (χ0n) is 11.9. The van der Waals surface area contributed by atoms with Crippen molar-refractivity contribution < 1.29 is 19.4 Å². The van der Waals surface area contributed by atoms with Gasteiger partial charge < -0.3 is 14.7 Å². The molecule has 0 aromatic rings. The number of aliphatic carboxylic acids is 1. The standard InChI is InChI=1S/C14H23NO4/c1-5-8-19-13(18)15-7-6-10(2)9-11(15)14(3,4)12(16)17/h5,10-11H,1,6-9H2,2-4H3,(H,16,17)/t10-,11+/m1/s1. The molecule has 0 radical (unpaired) electrons. The number of nitrogens with zero attached hydrogens (tertiary/aromatic N) is 1. The van der Waals surface area contributed by atoms with E-state index in [-0.39, 0.29) is 12.6 Å². The summed E-state index contributed by atoms with van der Waals surface area (Å²) < 4.78 is 5.05. The highest BCUT2D eigenvalue weighted by atomic mass is 16.6. The molecule has 1 saturated heterocycles. The highest BCUT2D eigenvalue weighted by Gasteiger charge is 2.45. The van der Waals surface area contributed by atoms with E-state index in [2.05, 4.69) is 13.5 Å². The zero-order chi connectivity index (χ0) is 14.6. The molecule has 0 unspecified atom stereocenters. The maximum absolute atomic E-state index is 12.0. The molecule has 0 aliphatic carbocycles. The second kappa shape index (κ2) is 6.08. The lowest BCUT2D eigenvalue weighted by atomic mass is 9.76. The molecule has 1 N–H and O–H groups in total. The third kappa shape index (κ3) is 3.49. The van der Waals surface area contributed by atoms with E-state index in [1.165, 1.54) is 6.08 Å². The molecule has 2 atom stereocenters. The van der Waals surface area contributed by atoms with Gasteiger partial charge in [0.05, 0.1) is 11.5 Å². The Morgan fingerprint density at radius 2 is 2.16 bits per heavy atom. The van der Waals surface area contributed by atoms with Gasteiger partial charge in [-0.2, -0.15) is 0 Å². The van der Waals surface area contributed by atoms with E-state index in [1.807, 2.05) is 0 Å². The number of carboxylic acid groups (broad SMARTS) is 1. The summed E-state index contributed by atoms with van der Waals surface area (Å²) >= 11 is 0. The molecule has 19 heavy (non-hydrogen) atoms. The Labute approximate surface area is 114 Å². The Hall–Kier alpha value is -1.52. The van der Waals surface area contributed by atoms with Crippen LogP contribution in [0.25, 0.3) is 0 Å². The molecule has 0 aromatic carbocycles. The predicted molar refractivity (Wildman–Crippen MR) is 71.9 cm³/mol. The number of carbonyl (C=O) groups excluding carboxylic acids is 1. The highest BCUT2D eigenvalue weighted by Crippen LogP contribution is 2.35. The molecule has 5 nitrogen and oxygen atoms in total. The van der Waals surface area contributed by atoms with Crippen LogP contribution >= 0.6 is 0 Å². The summed E-state index contributed by atoms with van der Waals surface area (Å²) in [6, 6.07) is -0.342. The van der Waals surface area contributed by atoms with Crippen molar-refractivity contribution in [2.75, 3.05) is 13.2 Å². The van der Waals surface area contributed by atoms with Crippen LogP contribution in [0.2, 0.25) is 0 Å². The molecule has 1 rings (SSSR count). The van der Waals surface area contributed by atoms with Gasteiger partial charge in [-0.3, -0.25) is 4.79 Å². The summed E-state index contributed by atoms with van der Waals surface area (Å²) in [5.74, 6) is -0.486. The molecule has 1 amide bonds. The summed E-state index contributed by atoms with van der Waals surface area (Å²) in [7, 11) is 0. The Bertz CT molecular complexity index is 364. The molecule has 0 bridgehead atoms. The van der Waals surface area contributed by atoms with E-state index in [0.717, 1.165) is 6.42 Å². The van der Waals surface area contributed by atoms with Gasteiger partial charge in [0.15, 0.2) is 0 Å². The first-order valence-corrected chi connectivity index (χ1v) is 6.58. The number of hydrogen-bond donors (Lipinski definition) is 1. The number of ether oxygens (including phenoxy) is 1. The molecule has 1 heterocycles. The number of hydrogen-bond acceptors (Lipinski definition) is 3. The van der Waals surface area contributed by atoms with E-state index in [1.54, 1.807) is 18.7 Å². The molecular formula is C14H23NO4. The largest absolute Gasteiger partial charge is 0.481 e. The van der Waals surface area contributed by atoms with Crippen LogP contribution in [0.1, 0.15) is 33.6 Å². The monoisotopic (exact) mass is 269 g/mol. The molecule has 0 spiro atoms. The molecule has 1 aliphatic heterocycles. The van der Waals surface area contributed by atoms with Crippen LogP contribution in [-0.2, 0) is 9.53 Å². The maximum Gasteiger partial charge on any atom is 0.410 e. The summed E-state index contributed by atoms with van der Waals surface area (Å²) in [5, 5.41) is 9.36. The van der Waals surface area contributed by atoms with Gasteiger partial charge in [0.1, 0.15) is 6.61 Å². The van der Waals surface area contributed by atoms with Crippen molar-refractivity contribution in [3.63, 3.8) is 0 Å². The van der Waals surface area contributed by atoms with Crippen molar-refractivity contribution in [3.05, 3.63) is 12.7 Å². The molecular weight excluding hydrogens is 246 g/mol. The van der Waals surface area contributed by atoms with Crippen molar-refractivity contribution >= 4 is 12.1 Å². The quantitative estimate of drug-likeness (QED) is 0.796. The Morgan fingerprint density at radius 1 is 1.53 bits per heavy atom. The van der Waals surface area contributed by atoms with Crippen molar-refractivity contribution in [2.45, 2.75) is 39.7 Å². The minimum Gasteiger partial charge on any atom is -0.481 e. The lowest BCUT2D eigenvalue weighted by molar-refractivity contribution is -0.151. The van der Waals surface area contributed by atoms with Gasteiger partial charge in [0.2, 0.25) is 0 Å². The molecule has 108 valence electrons. The van der Waals surface area contributed by atoms with Gasteiger partial charge in [-0.25, -0.2) is 4.79 Å². The van der Waals surface area contributed by atoms with Gasteiger partial charge in [-0.1, -0.05) is 19.6 Å². The lowest BCUT2D eigenvalue weighted by Gasteiger charge is -2.44. The third-order valence-corrected chi connectivity index (χ3v) is 3.81. The second-order valence-corrected chi connectivity index (χ2v) is 5.73. The Balaban J connectivity index is 2.90. The first-order chi connectivity index (χ1) is 8.80. The van der Waals surface area contributed by atoms with Crippen molar-refractivity contribution in [1.82, 2.24) is 4.90 Å². The lowest BCUT2D eigenvalue weighted by Crippen LogP contribution is -2.55. The van der Waals surface area contributed by atoms with Gasteiger partial charge in [0, 0.05) is 6.54 Å². The minimum atomic E-state index is -0.984. The normalized spacial score (nSPS) is 23.8. The van der Waals surface area contributed by atoms with Crippen LogP contribution in [-0.4, -0.2) is 41.3 Å². The van der Waals surface area contributed by atoms with Crippen molar-refractivity contribution in [3.8, 4) is 0 Å². The van der Waals surface area contributed by atoms with Crippen LogP contribution < -0.4 is 0 Å². The van der Waals surface area contributed by atoms with E-state index in [0.29, 0.717) is 18.9 Å². The fraction of sp³-hybridized carbons (Fsp3) is 0.714. The number of carbonyl (C=O) groups is 2. The van der Waals surface area contributed by atoms with Crippen molar-refractivity contribution in [2.24, 2.45) is 11.3 Å². The second-order valence-electron chi connectivity index (χ2n) is 5.73. The fourth-order valence-electron chi connectivity index (χ4n) is 2.40. The zero-order valence-corrected chi connectivity index (χ0v) is 11.9. The Morgan fingerprint density at radius 3 is 2.68 bits per heavy atom. The topological polar surface area (TPSA) is 66.8 Å². The number of piperidine rings is 1. The summed E-state index contributed by atoms with van der Waals surface area (Å²) in [5.41, 5.74) is -0.984. The SMILES string of the molecule is C=CCOC(=O)N1CC[C@@H](C)C[C@H]1C(C)(C)C(=O)O. The predicted octanol–water partition coefficient (Wildman–Crippen LogP) is 2.52. The smallest absolute Gasteiger partial charge is 0.410 e. The average Bonchev–Trinajstić information content (AvgIpc) is 2.35. The molecule has 0 saturated carbocycles. The van der Waals surface area contributed by atoms with Crippen LogP contribution in [0.4, 0.5) is 4.79 Å². The number of amides is 1. The minimum absolute atomic E-state index is 0.144. The van der Waals surface area contributed by atoms with Crippen LogP contribution in [0.15, 0.2) is 12.7 Å². The molecule has 1 aliphatic rings. The highest BCUT2D eigenvalue weighted by molar-refractivity contribution is 5.76. The van der Waals surface area contributed by atoms with Gasteiger partial charge in [-0.15, -0.1) is 0 Å². The van der Waals surface area contributed by atoms with E-state index < -0.39 is 17.5 Å². The number of rotatable bonds is 4. The molecule has 1 fully saturated rings. The van der Waals surface area contributed by atoms with Crippen LogP contribution in [0.5, 0.6) is 0 Å². The van der Waals surface area contributed by atoms with Crippen molar-refractivity contribution in [1.29, 1.82) is 0 Å². The molecule has 0 aromatic heterocycles. The van der Waals surface area contributed by atoms with E-state index >= 15 is 0 Å². The Kier molecular flexibility index (Phi) is 4.97. The third-order valence-electron chi connectivity index (χ3n) is 3.81. The summed E-state index contributed by atoms with van der Waals surface area (Å²) in [6.45, 7) is 9.58. The summed E-state index contributed by atoms with van der Waals surface area (Å²) in [4.78, 5) is 25.0. The summed E-state index contributed by atoms with van der Waals surface area (Å²) in [6.07, 6.45) is 2.60. The van der Waals surface area contributed by atoms with E-state index in [9.17, 15) is 14.7 Å². The van der Waals surface area contributed by atoms with Crippen LogP contribution in [0, 0.1) is 11.3 Å². The average molecular weight is 269 g/mol. The van der Waals surface area contributed by atoms with E-state index in [4.69, 9.17) is 4.74 Å². The molecule has 5 heteroatoms. The first kappa shape index (κ1) is 15.5.